The van der Waals surface area contributed by atoms with Gasteiger partial charge in [-0.3, -0.25) is 0 Å². The van der Waals surface area contributed by atoms with E-state index in [4.69, 9.17) is 4.74 Å². The summed E-state index contributed by atoms with van der Waals surface area (Å²) in [7, 11) is 1.47. The van der Waals surface area contributed by atoms with Crippen LogP contribution in [0.3, 0.4) is 0 Å². The van der Waals surface area contributed by atoms with Gasteiger partial charge < -0.3 is 14.3 Å². The van der Waals surface area contributed by atoms with Gasteiger partial charge in [-0.15, -0.1) is 0 Å². The van der Waals surface area contributed by atoms with Crippen LogP contribution in [0.15, 0.2) is 30.9 Å². The topological polar surface area (TPSA) is 42.8 Å². The van der Waals surface area contributed by atoms with E-state index in [1.807, 2.05) is 17.6 Å². The number of imidazole rings is 1. The summed E-state index contributed by atoms with van der Waals surface area (Å²) in [6.45, 7) is 2.81. The first-order valence-electron chi connectivity index (χ1n) is 6.10. The van der Waals surface area contributed by atoms with E-state index >= 15 is 0 Å². The molecule has 0 unspecified atom stereocenters. The van der Waals surface area contributed by atoms with Gasteiger partial charge >= 0.3 is 0 Å². The van der Waals surface area contributed by atoms with Crippen molar-refractivity contribution in [3.05, 3.63) is 36.7 Å². The molecule has 0 spiro atoms. The van der Waals surface area contributed by atoms with Gasteiger partial charge in [0.2, 0.25) is 0 Å². The molecule has 2 heterocycles. The van der Waals surface area contributed by atoms with Gasteiger partial charge in [0.15, 0.2) is 11.6 Å². The van der Waals surface area contributed by atoms with Gasteiger partial charge in [0, 0.05) is 29.2 Å². The minimum Gasteiger partial charge on any atom is -0.494 e. The number of fused-ring (bicyclic) bond motifs is 1. The Bertz CT molecular complexity index is 729. The molecular formula is C14H14FN3O. The first-order valence-corrected chi connectivity index (χ1v) is 6.10. The molecular weight excluding hydrogens is 245 g/mol. The fourth-order valence-electron chi connectivity index (χ4n) is 2.32. The third-order valence-corrected chi connectivity index (χ3v) is 3.30. The highest BCUT2D eigenvalue weighted by Gasteiger charge is 2.16. The highest BCUT2D eigenvalue weighted by Crippen LogP contribution is 2.34. The molecule has 0 saturated heterocycles. The third-order valence-electron chi connectivity index (χ3n) is 3.30. The molecule has 0 atom stereocenters. The number of aromatic nitrogens is 3. The molecule has 19 heavy (non-hydrogen) atoms. The molecule has 0 aliphatic rings. The number of hydrogen-bond donors (Lipinski definition) is 1. The maximum atomic E-state index is 14.4. The quantitative estimate of drug-likeness (QED) is 0.785. The number of nitrogens with one attached hydrogen (secondary N) is 1. The number of aryl methyl sites for hydroxylation is 1. The molecule has 0 saturated carbocycles. The van der Waals surface area contributed by atoms with Crippen LogP contribution in [0.25, 0.3) is 22.2 Å². The molecule has 2 aromatic heterocycles. The van der Waals surface area contributed by atoms with Crippen molar-refractivity contribution in [3.8, 4) is 17.0 Å². The Hall–Kier alpha value is -2.30. The number of aromatic amines is 1. The number of H-pyrrole nitrogens is 1. The van der Waals surface area contributed by atoms with E-state index in [-0.39, 0.29) is 11.6 Å². The summed E-state index contributed by atoms with van der Waals surface area (Å²) in [4.78, 5) is 7.21. The van der Waals surface area contributed by atoms with Crippen LogP contribution in [0.1, 0.15) is 6.92 Å². The Labute approximate surface area is 109 Å². The van der Waals surface area contributed by atoms with Crippen molar-refractivity contribution in [3.63, 3.8) is 0 Å². The van der Waals surface area contributed by atoms with Gasteiger partial charge in [0.05, 0.1) is 25.3 Å². The second-order valence-corrected chi connectivity index (χ2v) is 4.27. The Balaban J connectivity index is 2.30. The van der Waals surface area contributed by atoms with Crippen LogP contribution < -0.4 is 4.74 Å². The summed E-state index contributed by atoms with van der Waals surface area (Å²) in [6, 6.07) is 3.43. The lowest BCUT2D eigenvalue weighted by Gasteiger charge is -2.06. The Morgan fingerprint density at radius 3 is 3.00 bits per heavy atom. The van der Waals surface area contributed by atoms with Crippen LogP contribution in [-0.4, -0.2) is 21.6 Å². The normalized spacial score (nSPS) is 11.1. The molecule has 4 nitrogen and oxygen atoms in total. The monoisotopic (exact) mass is 259 g/mol. The minimum atomic E-state index is -0.347. The zero-order valence-corrected chi connectivity index (χ0v) is 10.8. The van der Waals surface area contributed by atoms with Crippen molar-refractivity contribution in [2.24, 2.45) is 0 Å². The van der Waals surface area contributed by atoms with Gasteiger partial charge in [-0.1, -0.05) is 0 Å². The summed E-state index contributed by atoms with van der Waals surface area (Å²) in [5.74, 6) is -0.101. The largest absolute Gasteiger partial charge is 0.494 e. The average molecular weight is 259 g/mol. The lowest BCUT2D eigenvalue weighted by Crippen LogP contribution is -1.95. The van der Waals surface area contributed by atoms with Crippen LogP contribution in [0.5, 0.6) is 5.75 Å². The molecule has 0 bridgehead atoms. The Kier molecular flexibility index (Phi) is 2.74. The van der Waals surface area contributed by atoms with Gasteiger partial charge in [0.1, 0.15) is 0 Å². The number of methoxy groups -OCH3 is 1. The van der Waals surface area contributed by atoms with Crippen LogP contribution in [-0.2, 0) is 6.54 Å². The fraction of sp³-hybridized carbons (Fsp3) is 0.214. The van der Waals surface area contributed by atoms with Crippen LogP contribution in [0.2, 0.25) is 0 Å². The summed E-state index contributed by atoms with van der Waals surface area (Å²) >= 11 is 0. The van der Waals surface area contributed by atoms with Crippen molar-refractivity contribution in [1.29, 1.82) is 0 Å². The Morgan fingerprint density at radius 2 is 2.26 bits per heavy atom. The number of benzene rings is 1. The predicted molar refractivity (Wildman–Crippen MR) is 71.7 cm³/mol. The van der Waals surface area contributed by atoms with E-state index in [2.05, 4.69) is 9.97 Å². The van der Waals surface area contributed by atoms with Crippen LogP contribution >= 0.6 is 0 Å². The van der Waals surface area contributed by atoms with Crippen molar-refractivity contribution in [2.75, 3.05) is 7.11 Å². The van der Waals surface area contributed by atoms with Gasteiger partial charge in [-0.2, -0.15) is 0 Å². The summed E-state index contributed by atoms with van der Waals surface area (Å²) in [5.41, 5.74) is 2.43. The van der Waals surface area contributed by atoms with E-state index in [0.717, 1.165) is 23.3 Å². The molecule has 0 radical (unpaired) electrons. The van der Waals surface area contributed by atoms with E-state index < -0.39 is 0 Å². The molecule has 5 heteroatoms. The maximum absolute atomic E-state index is 14.4. The van der Waals surface area contributed by atoms with E-state index in [1.54, 1.807) is 24.8 Å². The lowest BCUT2D eigenvalue weighted by atomic mass is 10.1. The van der Waals surface area contributed by atoms with E-state index in [9.17, 15) is 4.39 Å². The molecule has 3 rings (SSSR count). The van der Waals surface area contributed by atoms with Crippen molar-refractivity contribution in [2.45, 2.75) is 13.5 Å². The van der Waals surface area contributed by atoms with E-state index in [1.165, 1.54) is 7.11 Å². The highest BCUT2D eigenvalue weighted by molar-refractivity contribution is 5.96. The molecule has 3 aromatic rings. The number of nitrogens with zero attached hydrogens (tertiary/aromatic N) is 2. The summed E-state index contributed by atoms with van der Waals surface area (Å²) in [5, 5.41) is 0.537. The second-order valence-electron chi connectivity index (χ2n) is 4.27. The molecule has 98 valence electrons. The van der Waals surface area contributed by atoms with Crippen LogP contribution in [0.4, 0.5) is 4.39 Å². The first-order chi connectivity index (χ1) is 9.26. The maximum Gasteiger partial charge on any atom is 0.175 e. The molecule has 0 fully saturated rings. The number of halogens is 1. The molecule has 1 aromatic carbocycles. The summed E-state index contributed by atoms with van der Waals surface area (Å²) < 4.78 is 21.4. The van der Waals surface area contributed by atoms with Crippen molar-refractivity contribution in [1.82, 2.24) is 14.5 Å². The van der Waals surface area contributed by atoms with Crippen LogP contribution in [0, 0.1) is 5.82 Å². The van der Waals surface area contributed by atoms with E-state index in [0.29, 0.717) is 5.39 Å². The minimum absolute atomic E-state index is 0.246. The Morgan fingerprint density at radius 1 is 1.42 bits per heavy atom. The van der Waals surface area contributed by atoms with Gasteiger partial charge in [-0.05, 0) is 19.1 Å². The number of ether oxygens (including phenoxy) is 1. The predicted octanol–water partition coefficient (Wildman–Crippen LogP) is 3.20. The fourth-order valence-corrected chi connectivity index (χ4v) is 2.32. The number of hydrogen-bond acceptors (Lipinski definition) is 2. The van der Waals surface area contributed by atoms with Crippen molar-refractivity contribution < 1.29 is 9.13 Å². The molecule has 0 aliphatic carbocycles. The van der Waals surface area contributed by atoms with Crippen molar-refractivity contribution >= 4 is 10.9 Å². The molecule has 0 aliphatic heterocycles. The zero-order chi connectivity index (χ0) is 13.4. The first kappa shape index (κ1) is 11.8. The van der Waals surface area contributed by atoms with Gasteiger partial charge in [0.25, 0.3) is 0 Å². The molecule has 0 amide bonds. The standard InChI is InChI=1S/C14H14FN3O/c1-3-18-8-16-7-11(18)9-6-17-10-4-5-12(19-2)14(15)13(9)10/h4-8,17H,3H2,1-2H3. The second kappa shape index (κ2) is 4.42. The molecule has 1 N–H and O–H groups in total. The zero-order valence-electron chi connectivity index (χ0n) is 10.8. The lowest BCUT2D eigenvalue weighted by molar-refractivity contribution is 0.389. The third kappa shape index (κ3) is 1.69. The average Bonchev–Trinajstić information content (AvgIpc) is 3.04. The highest BCUT2D eigenvalue weighted by atomic mass is 19.1. The smallest absolute Gasteiger partial charge is 0.175 e. The van der Waals surface area contributed by atoms with Gasteiger partial charge in [-0.25, -0.2) is 9.37 Å². The SMILES string of the molecule is CCn1cncc1-c1c[nH]c2ccc(OC)c(F)c12. The number of rotatable bonds is 3. The summed E-state index contributed by atoms with van der Waals surface area (Å²) in [6.07, 6.45) is 5.29.